The molecule has 18 heavy (non-hydrogen) atoms. The highest BCUT2D eigenvalue weighted by Gasteiger charge is 2.05. The van der Waals surface area contributed by atoms with Crippen LogP contribution >= 0.6 is 15.9 Å². The van der Waals surface area contributed by atoms with Crippen LogP contribution in [0, 0.1) is 6.92 Å². The summed E-state index contributed by atoms with van der Waals surface area (Å²) in [6.07, 6.45) is 4.63. The Morgan fingerprint density at radius 3 is 2.83 bits per heavy atom. The molecule has 0 aromatic carbocycles. The Kier molecular flexibility index (Phi) is 4.31. The van der Waals surface area contributed by atoms with Crippen LogP contribution in [0.2, 0.25) is 0 Å². The maximum Gasteiger partial charge on any atom is 0.140 e. The monoisotopic (exact) mass is 305 g/mol. The van der Waals surface area contributed by atoms with Gasteiger partial charge in [-0.1, -0.05) is 13.0 Å². The van der Waals surface area contributed by atoms with Crippen molar-refractivity contribution in [2.45, 2.75) is 26.8 Å². The van der Waals surface area contributed by atoms with E-state index in [0.29, 0.717) is 6.54 Å². The predicted molar refractivity (Wildman–Crippen MR) is 77.6 cm³/mol. The molecule has 0 unspecified atom stereocenters. The summed E-state index contributed by atoms with van der Waals surface area (Å²) in [4.78, 5) is 8.74. The van der Waals surface area contributed by atoms with Gasteiger partial charge in [0, 0.05) is 12.4 Å². The Hall–Kier alpha value is -1.42. The second-order valence-corrected chi connectivity index (χ2v) is 4.90. The molecular formula is C14H16BrN3. The van der Waals surface area contributed by atoms with E-state index >= 15 is 0 Å². The minimum atomic E-state index is 0.694. The Balaban J connectivity index is 2.14. The van der Waals surface area contributed by atoms with Crippen molar-refractivity contribution in [3.05, 3.63) is 51.9 Å². The number of aryl methyl sites for hydroxylation is 2. The lowest BCUT2D eigenvalue weighted by Gasteiger charge is -2.10. The van der Waals surface area contributed by atoms with Gasteiger partial charge in [-0.2, -0.15) is 0 Å². The van der Waals surface area contributed by atoms with E-state index < -0.39 is 0 Å². The molecule has 2 rings (SSSR count). The maximum atomic E-state index is 4.41. The summed E-state index contributed by atoms with van der Waals surface area (Å²) in [6.45, 7) is 4.88. The van der Waals surface area contributed by atoms with Gasteiger partial charge in [0.1, 0.15) is 5.82 Å². The maximum absolute atomic E-state index is 4.41. The highest BCUT2D eigenvalue weighted by atomic mass is 79.9. The third-order valence-electron chi connectivity index (χ3n) is 2.87. The zero-order chi connectivity index (χ0) is 13.0. The first kappa shape index (κ1) is 13.0. The first-order valence-electron chi connectivity index (χ1n) is 6.00. The number of aromatic nitrogens is 2. The smallest absolute Gasteiger partial charge is 0.140 e. The Morgan fingerprint density at radius 2 is 2.06 bits per heavy atom. The summed E-state index contributed by atoms with van der Waals surface area (Å²) >= 11 is 3.54. The topological polar surface area (TPSA) is 37.8 Å². The minimum Gasteiger partial charge on any atom is -0.363 e. The van der Waals surface area contributed by atoms with Gasteiger partial charge in [0.2, 0.25) is 0 Å². The lowest BCUT2D eigenvalue weighted by Crippen LogP contribution is -2.06. The van der Waals surface area contributed by atoms with E-state index in [-0.39, 0.29) is 0 Å². The minimum absolute atomic E-state index is 0.694. The van der Waals surface area contributed by atoms with Crippen LogP contribution in [0.1, 0.15) is 23.7 Å². The number of nitrogens with zero attached hydrogens (tertiary/aromatic N) is 2. The van der Waals surface area contributed by atoms with Gasteiger partial charge in [0.05, 0.1) is 16.7 Å². The van der Waals surface area contributed by atoms with Gasteiger partial charge in [-0.3, -0.25) is 4.98 Å². The standard InChI is InChI=1S/C14H16BrN3/c1-3-11-5-4-7-16-12(11)9-18-14-13(15)10(2)6-8-17-14/h4-8H,3,9H2,1-2H3,(H,17,18). The van der Waals surface area contributed by atoms with Gasteiger partial charge in [-0.15, -0.1) is 0 Å². The van der Waals surface area contributed by atoms with Crippen LogP contribution < -0.4 is 5.32 Å². The van der Waals surface area contributed by atoms with Gasteiger partial charge >= 0.3 is 0 Å². The number of halogens is 1. The number of nitrogens with one attached hydrogen (secondary N) is 1. The predicted octanol–water partition coefficient (Wildman–Crippen LogP) is 3.72. The molecule has 3 nitrogen and oxygen atoms in total. The summed E-state index contributed by atoms with van der Waals surface area (Å²) in [6, 6.07) is 6.07. The quantitative estimate of drug-likeness (QED) is 0.935. The molecule has 0 spiro atoms. The molecule has 2 aromatic rings. The van der Waals surface area contributed by atoms with Gasteiger partial charge in [0.15, 0.2) is 0 Å². The molecule has 0 amide bonds. The van der Waals surface area contributed by atoms with Crippen molar-refractivity contribution in [1.29, 1.82) is 0 Å². The summed E-state index contributed by atoms with van der Waals surface area (Å²) in [5, 5.41) is 3.32. The van der Waals surface area contributed by atoms with Gasteiger partial charge in [-0.25, -0.2) is 4.98 Å². The second kappa shape index (κ2) is 5.96. The summed E-state index contributed by atoms with van der Waals surface area (Å²) in [5.74, 6) is 0.864. The molecule has 0 saturated carbocycles. The fraction of sp³-hybridized carbons (Fsp3) is 0.286. The van der Waals surface area contributed by atoms with E-state index in [9.17, 15) is 0 Å². The highest BCUT2D eigenvalue weighted by molar-refractivity contribution is 9.10. The van der Waals surface area contributed by atoms with Crippen LogP contribution in [0.5, 0.6) is 0 Å². The molecule has 0 saturated heterocycles. The van der Waals surface area contributed by atoms with Gasteiger partial charge < -0.3 is 5.32 Å². The third kappa shape index (κ3) is 2.88. The molecule has 0 bridgehead atoms. The lowest BCUT2D eigenvalue weighted by atomic mass is 10.1. The zero-order valence-electron chi connectivity index (χ0n) is 10.6. The number of pyridine rings is 2. The molecule has 0 fully saturated rings. The van der Waals surface area contributed by atoms with Crippen LogP contribution in [0.15, 0.2) is 35.1 Å². The number of anilines is 1. The molecule has 0 atom stereocenters. The van der Waals surface area contributed by atoms with E-state index in [1.54, 1.807) is 0 Å². The Bertz CT molecular complexity index is 540. The van der Waals surface area contributed by atoms with Crippen molar-refractivity contribution in [3.63, 3.8) is 0 Å². The normalized spacial score (nSPS) is 10.4. The lowest BCUT2D eigenvalue weighted by molar-refractivity contribution is 0.962. The molecule has 0 aliphatic rings. The molecule has 2 aromatic heterocycles. The Labute approximate surface area is 116 Å². The first-order valence-corrected chi connectivity index (χ1v) is 6.79. The largest absolute Gasteiger partial charge is 0.363 e. The summed E-state index contributed by atoms with van der Waals surface area (Å²) in [7, 11) is 0. The van der Waals surface area contributed by atoms with Crippen LogP contribution in [-0.2, 0) is 13.0 Å². The van der Waals surface area contributed by atoms with Gasteiger partial charge in [-0.05, 0) is 52.5 Å². The van der Waals surface area contributed by atoms with E-state index in [4.69, 9.17) is 0 Å². The summed E-state index contributed by atoms with van der Waals surface area (Å²) in [5.41, 5.74) is 3.52. The average molecular weight is 306 g/mol. The van der Waals surface area contributed by atoms with E-state index in [1.165, 1.54) is 11.1 Å². The van der Waals surface area contributed by atoms with Crippen LogP contribution in [0.3, 0.4) is 0 Å². The van der Waals surface area contributed by atoms with Gasteiger partial charge in [0.25, 0.3) is 0 Å². The molecule has 94 valence electrons. The first-order chi connectivity index (χ1) is 8.72. The molecular weight excluding hydrogens is 290 g/mol. The molecule has 1 N–H and O–H groups in total. The number of hydrogen-bond acceptors (Lipinski definition) is 3. The molecule has 0 radical (unpaired) electrons. The average Bonchev–Trinajstić information content (AvgIpc) is 2.41. The van der Waals surface area contributed by atoms with Crippen molar-refractivity contribution in [3.8, 4) is 0 Å². The Morgan fingerprint density at radius 1 is 1.22 bits per heavy atom. The van der Waals surface area contributed by atoms with E-state index in [0.717, 1.165) is 22.4 Å². The van der Waals surface area contributed by atoms with Crippen LogP contribution in [0.25, 0.3) is 0 Å². The fourth-order valence-electron chi connectivity index (χ4n) is 1.78. The second-order valence-electron chi connectivity index (χ2n) is 4.11. The molecule has 4 heteroatoms. The van der Waals surface area contributed by atoms with Crippen molar-refractivity contribution in [2.24, 2.45) is 0 Å². The van der Waals surface area contributed by atoms with Crippen molar-refractivity contribution in [2.75, 3.05) is 5.32 Å². The van der Waals surface area contributed by atoms with E-state index in [1.807, 2.05) is 24.5 Å². The van der Waals surface area contributed by atoms with Crippen LogP contribution in [0.4, 0.5) is 5.82 Å². The van der Waals surface area contributed by atoms with Crippen molar-refractivity contribution < 1.29 is 0 Å². The van der Waals surface area contributed by atoms with Crippen molar-refractivity contribution >= 4 is 21.7 Å². The summed E-state index contributed by atoms with van der Waals surface area (Å²) < 4.78 is 1.01. The zero-order valence-corrected chi connectivity index (χ0v) is 12.2. The van der Waals surface area contributed by atoms with E-state index in [2.05, 4.69) is 51.1 Å². The SMILES string of the molecule is CCc1cccnc1CNc1nccc(C)c1Br. The molecule has 2 heterocycles. The third-order valence-corrected chi connectivity index (χ3v) is 3.87. The fourth-order valence-corrected chi connectivity index (χ4v) is 2.16. The number of hydrogen-bond donors (Lipinski definition) is 1. The molecule has 0 aliphatic heterocycles. The molecule has 0 aliphatic carbocycles. The van der Waals surface area contributed by atoms with Crippen molar-refractivity contribution in [1.82, 2.24) is 9.97 Å². The van der Waals surface area contributed by atoms with Crippen LogP contribution in [-0.4, -0.2) is 9.97 Å². The highest BCUT2D eigenvalue weighted by Crippen LogP contribution is 2.23. The number of rotatable bonds is 4.